The minimum atomic E-state index is -0.803. The number of hydrogen-bond donors (Lipinski definition) is 1. The first-order valence-corrected chi connectivity index (χ1v) is 12.9. The molecule has 1 fully saturated rings. The molecule has 3 aromatic rings. The van der Waals surface area contributed by atoms with Gasteiger partial charge >= 0.3 is 0 Å². The summed E-state index contributed by atoms with van der Waals surface area (Å²) in [5.74, 6) is 0.368. The number of aliphatic hydroxyl groups excluding tert-OH is 1. The SMILES string of the molecule is CC(C)C[C@H]1O[C@H](COCc2ccccc2)[C@@H](OCc2ccccc2)[C@H](OCc2ccccc2)[C@@H]1O. The van der Waals surface area contributed by atoms with Gasteiger partial charge in [0, 0.05) is 0 Å². The lowest BCUT2D eigenvalue weighted by Crippen LogP contribution is -2.60. The summed E-state index contributed by atoms with van der Waals surface area (Å²) in [6.07, 6.45) is -1.83. The molecule has 1 aliphatic heterocycles. The average molecular weight is 491 g/mol. The smallest absolute Gasteiger partial charge is 0.115 e. The van der Waals surface area contributed by atoms with Crippen molar-refractivity contribution < 1.29 is 24.1 Å². The third kappa shape index (κ3) is 7.73. The minimum Gasteiger partial charge on any atom is -0.388 e. The van der Waals surface area contributed by atoms with E-state index in [1.165, 1.54) is 0 Å². The average Bonchev–Trinajstić information content (AvgIpc) is 2.90. The van der Waals surface area contributed by atoms with Gasteiger partial charge in [-0.1, -0.05) is 105 Å². The van der Waals surface area contributed by atoms with Crippen molar-refractivity contribution in [3.8, 4) is 0 Å². The van der Waals surface area contributed by atoms with Crippen molar-refractivity contribution in [1.82, 2.24) is 0 Å². The van der Waals surface area contributed by atoms with Crippen molar-refractivity contribution in [2.75, 3.05) is 6.61 Å². The summed E-state index contributed by atoms with van der Waals surface area (Å²) in [6, 6.07) is 30.1. The highest BCUT2D eigenvalue weighted by Crippen LogP contribution is 2.31. The zero-order valence-electron chi connectivity index (χ0n) is 21.2. The van der Waals surface area contributed by atoms with Gasteiger partial charge in [0.2, 0.25) is 0 Å². The van der Waals surface area contributed by atoms with E-state index in [-0.39, 0.29) is 12.2 Å². The number of ether oxygens (including phenoxy) is 4. The van der Waals surface area contributed by atoms with E-state index in [0.29, 0.717) is 32.3 Å². The maximum absolute atomic E-state index is 11.4. The predicted octanol–water partition coefficient (Wildman–Crippen LogP) is 5.55. The van der Waals surface area contributed by atoms with Crippen molar-refractivity contribution in [1.29, 1.82) is 0 Å². The first-order chi connectivity index (χ1) is 17.6. The zero-order chi connectivity index (χ0) is 25.2. The largest absolute Gasteiger partial charge is 0.388 e. The highest BCUT2D eigenvalue weighted by Gasteiger charge is 2.46. The van der Waals surface area contributed by atoms with Gasteiger partial charge in [-0.15, -0.1) is 0 Å². The highest BCUT2D eigenvalue weighted by molar-refractivity contribution is 5.15. The molecule has 1 N–H and O–H groups in total. The van der Waals surface area contributed by atoms with Crippen LogP contribution >= 0.6 is 0 Å². The van der Waals surface area contributed by atoms with Crippen LogP contribution in [0.4, 0.5) is 0 Å². The van der Waals surface area contributed by atoms with E-state index in [0.717, 1.165) is 23.1 Å². The highest BCUT2D eigenvalue weighted by atomic mass is 16.6. The minimum absolute atomic E-state index is 0.348. The molecular formula is C31H38O5. The molecule has 0 radical (unpaired) electrons. The second kappa shape index (κ2) is 13.7. The molecule has 1 saturated heterocycles. The first kappa shape index (κ1) is 26.5. The number of aliphatic hydroxyl groups is 1. The van der Waals surface area contributed by atoms with Crippen LogP contribution in [-0.4, -0.2) is 42.2 Å². The molecule has 0 aromatic heterocycles. The quantitative estimate of drug-likeness (QED) is 0.361. The van der Waals surface area contributed by atoms with Crippen molar-refractivity contribution >= 4 is 0 Å². The first-order valence-electron chi connectivity index (χ1n) is 12.9. The van der Waals surface area contributed by atoms with E-state index >= 15 is 0 Å². The van der Waals surface area contributed by atoms with Gasteiger partial charge in [-0.05, 0) is 29.0 Å². The molecule has 1 heterocycles. The Balaban J connectivity index is 1.52. The fourth-order valence-electron chi connectivity index (χ4n) is 4.59. The van der Waals surface area contributed by atoms with Crippen LogP contribution < -0.4 is 0 Å². The molecule has 5 heteroatoms. The fraction of sp³-hybridized carbons (Fsp3) is 0.419. The number of rotatable bonds is 12. The van der Waals surface area contributed by atoms with Crippen LogP contribution in [0.25, 0.3) is 0 Å². The van der Waals surface area contributed by atoms with E-state index < -0.39 is 18.3 Å². The van der Waals surface area contributed by atoms with Gasteiger partial charge < -0.3 is 24.1 Å². The third-order valence-corrected chi connectivity index (χ3v) is 6.43. The van der Waals surface area contributed by atoms with Crippen LogP contribution in [-0.2, 0) is 38.8 Å². The summed E-state index contributed by atoms with van der Waals surface area (Å²) in [4.78, 5) is 0. The predicted molar refractivity (Wildman–Crippen MR) is 140 cm³/mol. The van der Waals surface area contributed by atoms with E-state index in [1.807, 2.05) is 91.0 Å². The van der Waals surface area contributed by atoms with Crippen LogP contribution in [0.15, 0.2) is 91.0 Å². The normalized spacial score (nSPS) is 24.2. The molecule has 1 aliphatic rings. The molecule has 0 spiro atoms. The van der Waals surface area contributed by atoms with Crippen LogP contribution in [0.5, 0.6) is 0 Å². The Bertz CT molecular complexity index is 995. The molecule has 36 heavy (non-hydrogen) atoms. The Morgan fingerprint density at radius 1 is 0.667 bits per heavy atom. The summed E-state index contributed by atoms with van der Waals surface area (Å²) in [5.41, 5.74) is 3.21. The van der Waals surface area contributed by atoms with Crippen LogP contribution in [0.3, 0.4) is 0 Å². The van der Waals surface area contributed by atoms with Crippen molar-refractivity contribution in [2.24, 2.45) is 5.92 Å². The van der Waals surface area contributed by atoms with Crippen LogP contribution in [0.2, 0.25) is 0 Å². The lowest BCUT2D eigenvalue weighted by molar-refractivity contribution is -0.263. The number of benzene rings is 3. The van der Waals surface area contributed by atoms with Crippen LogP contribution in [0, 0.1) is 5.92 Å². The Morgan fingerprint density at radius 2 is 1.14 bits per heavy atom. The van der Waals surface area contributed by atoms with Gasteiger partial charge in [0.15, 0.2) is 0 Å². The molecule has 3 aromatic carbocycles. The van der Waals surface area contributed by atoms with Gasteiger partial charge in [-0.25, -0.2) is 0 Å². The Morgan fingerprint density at radius 3 is 1.64 bits per heavy atom. The van der Waals surface area contributed by atoms with E-state index in [9.17, 15) is 5.11 Å². The van der Waals surface area contributed by atoms with Gasteiger partial charge in [-0.3, -0.25) is 0 Å². The fourth-order valence-corrected chi connectivity index (χ4v) is 4.59. The van der Waals surface area contributed by atoms with E-state index in [2.05, 4.69) is 13.8 Å². The topological polar surface area (TPSA) is 57.2 Å². The Hall–Kier alpha value is -2.54. The van der Waals surface area contributed by atoms with E-state index in [1.54, 1.807) is 0 Å². The number of hydrogen-bond acceptors (Lipinski definition) is 5. The van der Waals surface area contributed by atoms with Crippen molar-refractivity contribution in [2.45, 2.75) is 70.6 Å². The summed E-state index contributed by atoms with van der Waals surface area (Å²) < 4.78 is 25.3. The molecule has 192 valence electrons. The Kier molecular flexibility index (Phi) is 10.1. The molecular weight excluding hydrogens is 452 g/mol. The van der Waals surface area contributed by atoms with Crippen molar-refractivity contribution in [3.63, 3.8) is 0 Å². The van der Waals surface area contributed by atoms with Crippen LogP contribution in [0.1, 0.15) is 37.0 Å². The maximum Gasteiger partial charge on any atom is 0.115 e. The van der Waals surface area contributed by atoms with E-state index in [4.69, 9.17) is 18.9 Å². The Labute approximate surface area is 215 Å². The molecule has 0 aliphatic carbocycles. The summed E-state index contributed by atoms with van der Waals surface area (Å²) >= 11 is 0. The maximum atomic E-state index is 11.4. The molecule has 0 bridgehead atoms. The van der Waals surface area contributed by atoms with Crippen molar-refractivity contribution in [3.05, 3.63) is 108 Å². The van der Waals surface area contributed by atoms with Gasteiger partial charge in [0.25, 0.3) is 0 Å². The zero-order valence-corrected chi connectivity index (χ0v) is 21.2. The lowest BCUT2D eigenvalue weighted by atomic mass is 9.90. The second-order valence-electron chi connectivity index (χ2n) is 9.86. The molecule has 0 saturated carbocycles. The lowest BCUT2D eigenvalue weighted by Gasteiger charge is -2.45. The van der Waals surface area contributed by atoms with Gasteiger partial charge in [-0.2, -0.15) is 0 Å². The summed E-state index contributed by atoms with van der Waals surface area (Å²) in [6.45, 7) is 5.89. The summed E-state index contributed by atoms with van der Waals surface area (Å²) in [7, 11) is 0. The molecule has 0 unspecified atom stereocenters. The van der Waals surface area contributed by atoms with Gasteiger partial charge in [0.1, 0.15) is 24.4 Å². The third-order valence-electron chi connectivity index (χ3n) is 6.43. The molecule has 5 atom stereocenters. The summed E-state index contributed by atoms with van der Waals surface area (Å²) in [5, 5.41) is 11.4. The standard InChI is InChI=1S/C31H38O5/c1-23(2)18-27-29(32)31(35-21-26-16-10-5-11-17-26)30(34-20-25-14-8-4-9-15-25)28(36-27)22-33-19-24-12-6-3-7-13-24/h3-17,23,27-32H,18-22H2,1-2H3/t27-,28-,29-,30-,31-/m1/s1. The monoisotopic (exact) mass is 490 g/mol. The molecule has 4 rings (SSSR count). The molecule has 5 nitrogen and oxygen atoms in total. The van der Waals surface area contributed by atoms with Gasteiger partial charge in [0.05, 0.1) is 32.5 Å². The molecule has 0 amide bonds. The second-order valence-corrected chi connectivity index (χ2v) is 9.86.